The smallest absolute Gasteiger partial charge is 0.226 e. The van der Waals surface area contributed by atoms with Gasteiger partial charge in [0.1, 0.15) is 5.82 Å². The Morgan fingerprint density at radius 3 is 3.00 bits per heavy atom. The summed E-state index contributed by atoms with van der Waals surface area (Å²) in [5.41, 5.74) is 0.695. The SMILES string of the molecule is Clc1nc(NC2CC3CCC2C3)c2cn[nH]c2n1. The molecule has 5 nitrogen and oxygen atoms in total. The summed E-state index contributed by atoms with van der Waals surface area (Å²) in [5, 5.41) is 11.6. The fourth-order valence-corrected chi connectivity index (χ4v) is 3.68. The number of anilines is 1. The second-order valence-corrected chi connectivity index (χ2v) is 5.74. The van der Waals surface area contributed by atoms with Crippen molar-refractivity contribution in [3.63, 3.8) is 0 Å². The summed E-state index contributed by atoms with van der Waals surface area (Å²) >= 11 is 5.94. The minimum absolute atomic E-state index is 0.261. The highest BCUT2D eigenvalue weighted by Crippen LogP contribution is 2.45. The lowest BCUT2D eigenvalue weighted by molar-refractivity contribution is 0.439. The van der Waals surface area contributed by atoms with Gasteiger partial charge in [0.05, 0.1) is 11.6 Å². The Morgan fingerprint density at radius 1 is 1.28 bits per heavy atom. The molecule has 2 aliphatic carbocycles. The van der Waals surface area contributed by atoms with E-state index >= 15 is 0 Å². The first-order valence-electron chi connectivity index (χ1n) is 6.43. The molecule has 0 aromatic carbocycles. The van der Waals surface area contributed by atoms with E-state index in [4.69, 9.17) is 11.6 Å². The van der Waals surface area contributed by atoms with Gasteiger partial charge in [0.2, 0.25) is 5.28 Å². The number of aromatic nitrogens is 4. The van der Waals surface area contributed by atoms with Gasteiger partial charge in [-0.15, -0.1) is 0 Å². The van der Waals surface area contributed by atoms with E-state index < -0.39 is 0 Å². The lowest BCUT2D eigenvalue weighted by Gasteiger charge is -2.23. The summed E-state index contributed by atoms with van der Waals surface area (Å²) in [5.74, 6) is 2.52. The molecule has 2 heterocycles. The quantitative estimate of drug-likeness (QED) is 0.818. The zero-order chi connectivity index (χ0) is 12.1. The van der Waals surface area contributed by atoms with E-state index in [1.54, 1.807) is 6.20 Å². The van der Waals surface area contributed by atoms with E-state index in [2.05, 4.69) is 25.5 Å². The van der Waals surface area contributed by atoms with Crippen LogP contribution in [0.1, 0.15) is 25.7 Å². The van der Waals surface area contributed by atoms with Gasteiger partial charge >= 0.3 is 0 Å². The van der Waals surface area contributed by atoms with Crippen LogP contribution in [0.3, 0.4) is 0 Å². The molecule has 94 valence electrons. The number of nitrogens with one attached hydrogen (secondary N) is 2. The highest BCUT2D eigenvalue weighted by atomic mass is 35.5. The van der Waals surface area contributed by atoms with Gasteiger partial charge in [0, 0.05) is 6.04 Å². The number of rotatable bonds is 2. The molecule has 2 aromatic heterocycles. The van der Waals surface area contributed by atoms with Gasteiger partial charge in [0.25, 0.3) is 0 Å². The molecule has 2 fully saturated rings. The van der Waals surface area contributed by atoms with Crippen molar-refractivity contribution in [2.24, 2.45) is 11.8 Å². The third-order valence-corrected chi connectivity index (χ3v) is 4.51. The number of H-pyrrole nitrogens is 1. The van der Waals surface area contributed by atoms with Gasteiger partial charge in [0.15, 0.2) is 5.65 Å². The predicted octanol–water partition coefficient (Wildman–Crippen LogP) is 2.61. The fourth-order valence-electron chi connectivity index (χ4n) is 3.51. The molecule has 0 amide bonds. The Hall–Kier alpha value is -1.36. The molecule has 2 bridgehead atoms. The summed E-state index contributed by atoms with van der Waals surface area (Å²) in [6.45, 7) is 0. The molecular weight excluding hydrogens is 250 g/mol. The third kappa shape index (κ3) is 1.57. The van der Waals surface area contributed by atoms with Crippen LogP contribution in [0, 0.1) is 11.8 Å². The van der Waals surface area contributed by atoms with Crippen molar-refractivity contribution in [3.8, 4) is 0 Å². The molecular formula is C12H14ClN5. The molecule has 3 atom stereocenters. The molecule has 2 saturated carbocycles. The lowest BCUT2D eigenvalue weighted by atomic mass is 9.95. The Kier molecular flexibility index (Phi) is 2.24. The minimum Gasteiger partial charge on any atom is -0.366 e. The van der Waals surface area contributed by atoms with Crippen LogP contribution >= 0.6 is 11.6 Å². The summed E-state index contributed by atoms with van der Waals surface area (Å²) < 4.78 is 0. The van der Waals surface area contributed by atoms with Gasteiger partial charge in [-0.2, -0.15) is 15.1 Å². The van der Waals surface area contributed by atoms with Crippen LogP contribution in [0.5, 0.6) is 0 Å². The van der Waals surface area contributed by atoms with Crippen LogP contribution in [-0.4, -0.2) is 26.2 Å². The molecule has 18 heavy (non-hydrogen) atoms. The van der Waals surface area contributed by atoms with Crippen molar-refractivity contribution >= 4 is 28.5 Å². The average molecular weight is 264 g/mol. The van der Waals surface area contributed by atoms with Crippen molar-refractivity contribution in [2.75, 3.05) is 5.32 Å². The van der Waals surface area contributed by atoms with E-state index in [9.17, 15) is 0 Å². The first kappa shape index (κ1) is 10.6. The lowest BCUT2D eigenvalue weighted by Crippen LogP contribution is -2.26. The zero-order valence-corrected chi connectivity index (χ0v) is 10.6. The van der Waals surface area contributed by atoms with Crippen molar-refractivity contribution < 1.29 is 0 Å². The molecule has 4 rings (SSSR count). The van der Waals surface area contributed by atoms with Crippen molar-refractivity contribution in [2.45, 2.75) is 31.7 Å². The van der Waals surface area contributed by atoms with E-state index in [0.717, 1.165) is 23.0 Å². The molecule has 3 unspecified atom stereocenters. The number of halogens is 1. The second-order valence-electron chi connectivity index (χ2n) is 5.40. The monoisotopic (exact) mass is 263 g/mol. The van der Waals surface area contributed by atoms with E-state index in [-0.39, 0.29) is 5.28 Å². The van der Waals surface area contributed by atoms with Crippen LogP contribution in [0.25, 0.3) is 11.0 Å². The summed E-state index contributed by atoms with van der Waals surface area (Å²) in [6.07, 6.45) is 7.11. The summed E-state index contributed by atoms with van der Waals surface area (Å²) in [4.78, 5) is 8.42. The highest BCUT2D eigenvalue weighted by molar-refractivity contribution is 6.28. The van der Waals surface area contributed by atoms with E-state index in [0.29, 0.717) is 11.7 Å². The largest absolute Gasteiger partial charge is 0.366 e. The number of hydrogen-bond donors (Lipinski definition) is 2. The van der Waals surface area contributed by atoms with Gasteiger partial charge < -0.3 is 5.32 Å². The number of hydrogen-bond acceptors (Lipinski definition) is 4. The molecule has 0 aliphatic heterocycles. The Labute approximate surface area is 109 Å². The maximum Gasteiger partial charge on any atom is 0.226 e. The van der Waals surface area contributed by atoms with Gasteiger partial charge in [-0.25, -0.2) is 0 Å². The number of fused-ring (bicyclic) bond motifs is 3. The molecule has 0 saturated heterocycles. The van der Waals surface area contributed by atoms with Gasteiger partial charge in [-0.1, -0.05) is 6.42 Å². The maximum atomic E-state index is 5.94. The van der Waals surface area contributed by atoms with Crippen molar-refractivity contribution in [1.29, 1.82) is 0 Å². The number of nitrogens with zero attached hydrogens (tertiary/aromatic N) is 3. The van der Waals surface area contributed by atoms with Crippen LogP contribution in [0.4, 0.5) is 5.82 Å². The number of aromatic amines is 1. The van der Waals surface area contributed by atoms with Crippen LogP contribution in [0.15, 0.2) is 6.20 Å². The first-order chi connectivity index (χ1) is 8.79. The standard InChI is InChI=1S/C12H14ClN5/c13-12-16-10(8-5-14-18-11(8)17-12)15-9-4-6-1-2-7(9)3-6/h5-7,9H,1-4H2,(H2,14,15,16,17,18). The Bertz CT molecular complexity index is 595. The molecule has 2 N–H and O–H groups in total. The van der Waals surface area contributed by atoms with Crippen LogP contribution in [-0.2, 0) is 0 Å². The van der Waals surface area contributed by atoms with Crippen LogP contribution < -0.4 is 5.32 Å². The van der Waals surface area contributed by atoms with Gasteiger partial charge in [-0.3, -0.25) is 5.10 Å². The van der Waals surface area contributed by atoms with Crippen molar-refractivity contribution in [3.05, 3.63) is 11.5 Å². The minimum atomic E-state index is 0.261. The molecule has 0 radical (unpaired) electrons. The van der Waals surface area contributed by atoms with E-state index in [1.165, 1.54) is 25.7 Å². The van der Waals surface area contributed by atoms with Crippen LogP contribution in [0.2, 0.25) is 5.28 Å². The molecule has 6 heteroatoms. The van der Waals surface area contributed by atoms with Crippen molar-refractivity contribution in [1.82, 2.24) is 20.2 Å². The molecule has 0 spiro atoms. The van der Waals surface area contributed by atoms with Gasteiger partial charge in [-0.05, 0) is 42.7 Å². The third-order valence-electron chi connectivity index (χ3n) is 4.34. The highest BCUT2D eigenvalue weighted by Gasteiger charge is 2.39. The summed E-state index contributed by atoms with van der Waals surface area (Å²) in [6, 6.07) is 0.535. The Balaban J connectivity index is 1.68. The normalized spacial score (nSPS) is 30.2. The fraction of sp³-hybridized carbons (Fsp3) is 0.583. The molecule has 2 aliphatic rings. The molecule has 2 aromatic rings. The zero-order valence-electron chi connectivity index (χ0n) is 9.86. The summed E-state index contributed by atoms with van der Waals surface area (Å²) in [7, 11) is 0. The Morgan fingerprint density at radius 2 is 2.22 bits per heavy atom. The first-order valence-corrected chi connectivity index (χ1v) is 6.80. The van der Waals surface area contributed by atoms with E-state index in [1.807, 2.05) is 0 Å². The predicted molar refractivity (Wildman–Crippen MR) is 69.6 cm³/mol. The second kappa shape index (κ2) is 3.82. The average Bonchev–Trinajstić information content (AvgIpc) is 3.02. The maximum absolute atomic E-state index is 5.94. The topological polar surface area (TPSA) is 66.5 Å².